The van der Waals surface area contributed by atoms with Crippen LogP contribution >= 0.6 is 15.9 Å². The molecule has 0 amide bonds. The van der Waals surface area contributed by atoms with Crippen molar-refractivity contribution >= 4 is 15.9 Å². The van der Waals surface area contributed by atoms with Gasteiger partial charge in [-0.05, 0) is 13.0 Å². The Morgan fingerprint density at radius 2 is 1.00 bits per heavy atom. The van der Waals surface area contributed by atoms with E-state index in [1.165, 1.54) is 0 Å². The van der Waals surface area contributed by atoms with E-state index in [1.54, 1.807) is 0 Å². The Hall–Kier alpha value is 1.69. The molecule has 0 saturated heterocycles. The van der Waals surface area contributed by atoms with Crippen LogP contribution in [-0.4, -0.2) is 91.8 Å². The van der Waals surface area contributed by atoms with Gasteiger partial charge in [0.25, 0.3) is 0 Å². The molecule has 25 heavy (non-hydrogen) atoms. The van der Waals surface area contributed by atoms with Gasteiger partial charge >= 0.3 is 75.0 Å². The van der Waals surface area contributed by atoms with Crippen LogP contribution in [0.3, 0.4) is 0 Å². The third-order valence-corrected chi connectivity index (χ3v) is 1.85. The monoisotopic (exact) mass is 464 g/mol. The average molecular weight is 464 g/mol. The first-order chi connectivity index (χ1) is 5.71. The second-order valence-corrected chi connectivity index (χ2v) is 4.18. The molecule has 0 aromatic carbocycles. The molecule has 1 atom stereocenters. The predicted octanol–water partition coefficient (Wildman–Crippen LogP) is -15.6. The third kappa shape index (κ3) is 126. The van der Waals surface area contributed by atoms with E-state index in [1.807, 2.05) is 0 Å². The zero-order valence-corrected chi connectivity index (χ0v) is 19.3. The molecule has 0 fully saturated rings. The smallest absolute Gasteiger partial charge is 1.00 e. The van der Waals surface area contributed by atoms with Crippen LogP contribution in [0.4, 0.5) is 0 Å². The van der Waals surface area contributed by atoms with E-state index in [9.17, 15) is 4.57 Å². The van der Waals surface area contributed by atoms with Gasteiger partial charge < -0.3 is 78.2 Å². The van der Waals surface area contributed by atoms with Gasteiger partial charge in [0.05, 0.1) is 0 Å². The van der Waals surface area contributed by atoms with Crippen molar-refractivity contribution in [3.63, 3.8) is 0 Å². The molecule has 18 nitrogen and oxygen atoms in total. The second kappa shape index (κ2) is 63.6. The number of rotatable bonds is 3. The summed E-state index contributed by atoms with van der Waals surface area (Å²) in [6.07, 6.45) is -0.0652. The third-order valence-electron chi connectivity index (χ3n) is 0.813. The SMILES string of the molecule is NCCC(O)P(=O)(O)O.O.O.O.O.O.O.O.O.O.O.O=[P+](O)O.[H-].[H-].[Na+].[Na+]. The van der Waals surface area contributed by atoms with Crippen LogP contribution in [0, 0.1) is 0 Å². The molecule has 0 aromatic rings. The maximum absolute atomic E-state index is 10.1. The molecular weight excluding hydrogens is 430 g/mol. The summed E-state index contributed by atoms with van der Waals surface area (Å²) >= 11 is 0. The first-order valence-electron chi connectivity index (χ1n) is 3.00. The van der Waals surface area contributed by atoms with Crippen LogP contribution in [-0.2, 0) is 9.13 Å². The Kier molecular flexibility index (Phi) is 278. The van der Waals surface area contributed by atoms with Gasteiger partial charge in [0.15, 0.2) is 5.85 Å². The fourth-order valence-electron chi connectivity index (χ4n) is 0.317. The van der Waals surface area contributed by atoms with E-state index in [0.717, 1.165) is 0 Å². The Balaban J connectivity index is -0.00000000452. The summed E-state index contributed by atoms with van der Waals surface area (Å²) in [5, 5.41) is 8.54. The first-order valence-corrected chi connectivity index (χ1v) is 5.84. The maximum atomic E-state index is 10.1. The molecule has 0 bridgehead atoms. The number of hydrogen-bond acceptors (Lipinski definition) is 4. The van der Waals surface area contributed by atoms with Gasteiger partial charge in [-0.1, -0.05) is 0 Å². The van der Waals surface area contributed by atoms with Gasteiger partial charge in [0.1, 0.15) is 0 Å². The van der Waals surface area contributed by atoms with Gasteiger partial charge in [-0.25, -0.2) is 0 Å². The van der Waals surface area contributed by atoms with E-state index in [4.69, 9.17) is 35.0 Å². The van der Waals surface area contributed by atoms with Crippen LogP contribution in [0.15, 0.2) is 0 Å². The fourth-order valence-corrected chi connectivity index (χ4v) is 0.803. The fraction of sp³-hybridized carbons (Fsp3) is 1.00. The number of hydrogen-bond donors (Lipinski definition) is 6. The molecule has 0 aliphatic heterocycles. The van der Waals surface area contributed by atoms with E-state index >= 15 is 0 Å². The predicted molar refractivity (Wildman–Crippen MR) is 82.1 cm³/mol. The largest absolute Gasteiger partial charge is 1.00 e. The molecule has 0 radical (unpaired) electrons. The van der Waals surface area contributed by atoms with E-state index < -0.39 is 21.7 Å². The van der Waals surface area contributed by atoms with Crippen LogP contribution < -0.4 is 64.8 Å². The minimum absolute atomic E-state index is 0. The van der Waals surface area contributed by atoms with Gasteiger partial charge in [-0.2, -0.15) is 0 Å². The number of nitrogens with two attached hydrogens (primary N) is 1. The van der Waals surface area contributed by atoms with E-state index in [0.29, 0.717) is 0 Å². The summed E-state index contributed by atoms with van der Waals surface area (Å²) in [5.41, 5.74) is 4.92. The zero-order valence-electron chi connectivity index (χ0n) is 15.5. The molecule has 0 spiro atoms. The van der Waals surface area contributed by atoms with Crippen LogP contribution in [0.25, 0.3) is 0 Å². The standard InChI is InChI=1S/C3H10NO4P.2Na.HO3P.10H2O.2H/c4-2-1-3(5)9(6,7)8;;;1-4(2)3;;;;;;;;;;;;/h3,5H,1-2,4H2,(H2,6,7,8);;;(H-,1,2,3);10*1H2;;/q;2*+1;;;;;;;;;;;;2*-1/p+1. The summed E-state index contributed by atoms with van der Waals surface area (Å²) in [6.45, 7) is 0.0757. The van der Waals surface area contributed by atoms with Crippen molar-refractivity contribution in [3.8, 4) is 0 Å². The van der Waals surface area contributed by atoms with Crippen LogP contribution in [0.2, 0.25) is 0 Å². The van der Waals surface area contributed by atoms with Gasteiger partial charge in [-0.15, -0.1) is 9.79 Å². The Morgan fingerprint density at radius 1 is 0.840 bits per heavy atom. The minimum Gasteiger partial charge on any atom is -1.00 e. The molecule has 0 aromatic heterocycles. The number of aliphatic hydroxyl groups is 1. The second-order valence-electron chi connectivity index (χ2n) is 1.90. The molecule has 0 aliphatic carbocycles. The summed E-state index contributed by atoms with van der Waals surface area (Å²) in [5.74, 6) is -1.59. The Labute approximate surface area is 190 Å². The van der Waals surface area contributed by atoms with Gasteiger partial charge in [-0.3, -0.25) is 4.57 Å². The van der Waals surface area contributed by atoms with Gasteiger partial charge in [0.2, 0.25) is 0 Å². The molecule has 164 valence electrons. The average Bonchev–Trinajstić information content (AvgIpc) is 1.84. The van der Waals surface area contributed by atoms with Crippen LogP contribution in [0.5, 0.6) is 0 Å². The summed E-state index contributed by atoms with van der Waals surface area (Å²) in [7, 11) is -7.17. The van der Waals surface area contributed by atoms with Crippen molar-refractivity contribution < 1.29 is 151 Å². The summed E-state index contributed by atoms with van der Waals surface area (Å²) < 4.78 is 18.8. The van der Waals surface area contributed by atoms with Crippen molar-refractivity contribution in [2.75, 3.05) is 6.54 Å². The molecule has 0 rings (SSSR count). The summed E-state index contributed by atoms with van der Waals surface area (Å²) in [6, 6.07) is 0. The number of aliphatic hydroxyl groups excluding tert-OH is 1. The van der Waals surface area contributed by atoms with Crippen molar-refractivity contribution in [1.82, 2.24) is 0 Å². The maximum Gasteiger partial charge on any atom is 1.00 e. The normalized spacial score (nSPS) is 6.64. The van der Waals surface area contributed by atoms with Crippen LogP contribution in [0.1, 0.15) is 9.27 Å². The molecular formula is C3H34NNa2O17P2+. The summed E-state index contributed by atoms with van der Waals surface area (Å²) in [4.78, 5) is 30.7. The Morgan fingerprint density at radius 3 is 1.04 bits per heavy atom. The van der Waals surface area contributed by atoms with Crippen molar-refractivity contribution in [1.29, 1.82) is 0 Å². The Bertz CT molecular complexity index is 213. The topological polar surface area (TPSA) is 476 Å². The quantitative estimate of drug-likeness (QED) is 0.171. The van der Waals surface area contributed by atoms with Crippen molar-refractivity contribution in [2.24, 2.45) is 5.73 Å². The first kappa shape index (κ1) is 109. The van der Waals surface area contributed by atoms with Gasteiger partial charge in [0, 0.05) is 4.57 Å². The molecule has 0 aliphatic rings. The molecule has 1 unspecified atom stereocenters. The molecule has 22 heteroatoms. The minimum atomic E-state index is -4.30. The zero-order chi connectivity index (χ0) is 11.1. The molecule has 0 saturated carbocycles. The van der Waals surface area contributed by atoms with E-state index in [-0.39, 0.29) is 130 Å². The van der Waals surface area contributed by atoms with Crippen molar-refractivity contribution in [2.45, 2.75) is 12.3 Å². The molecule has 27 N–H and O–H groups in total. The van der Waals surface area contributed by atoms with Crippen molar-refractivity contribution in [3.05, 3.63) is 0 Å². The van der Waals surface area contributed by atoms with E-state index in [2.05, 4.69) is 0 Å². The molecule has 0 heterocycles.